The zero-order valence-electron chi connectivity index (χ0n) is 12.6. The van der Waals surface area contributed by atoms with E-state index in [1.54, 1.807) is 24.3 Å². The molecule has 24 heavy (non-hydrogen) atoms. The van der Waals surface area contributed by atoms with Crippen molar-refractivity contribution in [3.63, 3.8) is 0 Å². The molecule has 0 atom stereocenters. The molecular formula is C17H15BrF3NO2. The van der Waals surface area contributed by atoms with Crippen LogP contribution in [0.1, 0.15) is 11.1 Å². The number of benzene rings is 2. The molecule has 0 aliphatic carbocycles. The number of hydrogen-bond acceptors (Lipinski definition) is 3. The fraction of sp³-hybridized carbons (Fsp3) is 0.294. The summed E-state index contributed by atoms with van der Waals surface area (Å²) >= 11 is 3.38. The van der Waals surface area contributed by atoms with E-state index in [9.17, 15) is 13.2 Å². The van der Waals surface area contributed by atoms with E-state index in [0.717, 1.165) is 29.7 Å². The molecule has 0 saturated carbocycles. The van der Waals surface area contributed by atoms with Gasteiger partial charge >= 0.3 is 6.18 Å². The molecule has 1 aliphatic heterocycles. The zero-order valence-corrected chi connectivity index (χ0v) is 14.2. The van der Waals surface area contributed by atoms with E-state index in [0.29, 0.717) is 17.1 Å². The minimum atomic E-state index is -4.36. The second kappa shape index (κ2) is 7.03. The Morgan fingerprint density at radius 1 is 1.08 bits per heavy atom. The molecule has 3 rings (SSSR count). The largest absolute Gasteiger partial charge is 0.485 e. The Hall–Kier alpha value is -1.73. The minimum Gasteiger partial charge on any atom is -0.485 e. The number of nitrogens with one attached hydrogen (secondary N) is 1. The number of halogens is 4. The van der Waals surface area contributed by atoms with E-state index in [4.69, 9.17) is 9.47 Å². The third-order valence-electron chi connectivity index (χ3n) is 3.59. The van der Waals surface area contributed by atoms with Crippen molar-refractivity contribution in [2.45, 2.75) is 18.9 Å². The molecule has 0 amide bonds. The molecule has 0 bridgehead atoms. The average Bonchev–Trinajstić information content (AvgIpc) is 2.49. The second-order valence-electron chi connectivity index (χ2n) is 5.48. The molecule has 0 aromatic heterocycles. The molecule has 7 heteroatoms. The third kappa shape index (κ3) is 4.21. The zero-order chi connectivity index (χ0) is 17.2. The van der Waals surface area contributed by atoms with Crippen LogP contribution in [-0.4, -0.2) is 19.2 Å². The molecule has 0 radical (unpaired) electrons. The van der Waals surface area contributed by atoms with Crippen LogP contribution in [0.4, 0.5) is 13.2 Å². The van der Waals surface area contributed by atoms with Crippen molar-refractivity contribution < 1.29 is 22.6 Å². The highest BCUT2D eigenvalue weighted by molar-refractivity contribution is 9.10. The van der Waals surface area contributed by atoms with Crippen LogP contribution in [0.25, 0.3) is 0 Å². The predicted octanol–water partition coefficient (Wildman–Crippen LogP) is 4.40. The molecule has 1 saturated heterocycles. The first-order valence-electron chi connectivity index (χ1n) is 7.38. The fourth-order valence-electron chi connectivity index (χ4n) is 2.22. The quantitative estimate of drug-likeness (QED) is 0.805. The molecule has 1 fully saturated rings. The lowest BCUT2D eigenvalue weighted by molar-refractivity contribution is -0.137. The van der Waals surface area contributed by atoms with E-state index in [-0.39, 0.29) is 12.7 Å². The maximum Gasteiger partial charge on any atom is 0.416 e. The van der Waals surface area contributed by atoms with Gasteiger partial charge in [-0.25, -0.2) is 0 Å². The molecule has 0 spiro atoms. The van der Waals surface area contributed by atoms with Crippen LogP contribution in [0.3, 0.4) is 0 Å². The summed E-state index contributed by atoms with van der Waals surface area (Å²) < 4.78 is 50.6. The molecule has 1 heterocycles. The standard InChI is InChI=1S/C17H15BrF3NO2/c18-13-4-5-15(16(7-13)24-14-8-22-9-14)23-10-11-2-1-3-12(6-11)17(19,20)21/h1-7,14,22H,8-10H2. The Balaban J connectivity index is 1.72. The molecule has 2 aromatic carbocycles. The minimum absolute atomic E-state index is 0.0326. The monoisotopic (exact) mass is 401 g/mol. The van der Waals surface area contributed by atoms with Gasteiger partial charge in [0.05, 0.1) is 5.56 Å². The van der Waals surface area contributed by atoms with Gasteiger partial charge in [0.2, 0.25) is 0 Å². The van der Waals surface area contributed by atoms with E-state index in [1.165, 1.54) is 6.07 Å². The second-order valence-corrected chi connectivity index (χ2v) is 6.39. The van der Waals surface area contributed by atoms with Crippen molar-refractivity contribution in [2.75, 3.05) is 13.1 Å². The lowest BCUT2D eigenvalue weighted by Gasteiger charge is -2.28. The van der Waals surface area contributed by atoms with Gasteiger partial charge in [0.25, 0.3) is 0 Å². The van der Waals surface area contributed by atoms with Crippen molar-refractivity contribution in [3.8, 4) is 11.5 Å². The lowest BCUT2D eigenvalue weighted by Crippen LogP contribution is -2.50. The predicted molar refractivity (Wildman–Crippen MR) is 87.2 cm³/mol. The average molecular weight is 402 g/mol. The number of ether oxygens (including phenoxy) is 2. The Morgan fingerprint density at radius 3 is 2.54 bits per heavy atom. The summed E-state index contributed by atoms with van der Waals surface area (Å²) in [4.78, 5) is 0. The first kappa shape index (κ1) is 17.1. The Bertz CT molecular complexity index is 717. The Kier molecular flexibility index (Phi) is 5.01. The van der Waals surface area contributed by atoms with Gasteiger partial charge in [-0.05, 0) is 35.9 Å². The van der Waals surface area contributed by atoms with Crippen LogP contribution in [0.15, 0.2) is 46.9 Å². The summed E-state index contributed by atoms with van der Waals surface area (Å²) in [6.45, 7) is 1.56. The first-order chi connectivity index (χ1) is 11.4. The number of hydrogen-bond donors (Lipinski definition) is 1. The maximum absolute atomic E-state index is 12.8. The summed E-state index contributed by atoms with van der Waals surface area (Å²) in [6.07, 6.45) is -4.28. The number of rotatable bonds is 5. The summed E-state index contributed by atoms with van der Waals surface area (Å²) in [5, 5.41) is 3.11. The van der Waals surface area contributed by atoms with Crippen LogP contribution in [0.5, 0.6) is 11.5 Å². The van der Waals surface area contributed by atoms with Crippen LogP contribution < -0.4 is 14.8 Å². The van der Waals surface area contributed by atoms with E-state index >= 15 is 0 Å². The van der Waals surface area contributed by atoms with Crippen LogP contribution in [-0.2, 0) is 12.8 Å². The summed E-state index contributed by atoms with van der Waals surface area (Å²) in [7, 11) is 0. The molecule has 1 N–H and O–H groups in total. The van der Waals surface area contributed by atoms with E-state index < -0.39 is 11.7 Å². The van der Waals surface area contributed by atoms with Gasteiger partial charge < -0.3 is 14.8 Å². The lowest BCUT2D eigenvalue weighted by atomic mass is 10.1. The van der Waals surface area contributed by atoms with E-state index in [2.05, 4.69) is 21.2 Å². The van der Waals surface area contributed by atoms with E-state index in [1.807, 2.05) is 0 Å². The highest BCUT2D eigenvalue weighted by atomic mass is 79.9. The van der Waals surface area contributed by atoms with Gasteiger partial charge in [-0.2, -0.15) is 13.2 Å². The Morgan fingerprint density at radius 2 is 1.88 bits per heavy atom. The highest BCUT2D eigenvalue weighted by Gasteiger charge is 2.30. The molecular weight excluding hydrogens is 387 g/mol. The van der Waals surface area contributed by atoms with Gasteiger partial charge in [0.1, 0.15) is 12.7 Å². The van der Waals surface area contributed by atoms with Gasteiger partial charge in [-0.15, -0.1) is 0 Å². The Labute approximate surface area is 145 Å². The van der Waals surface area contributed by atoms with Gasteiger partial charge in [0.15, 0.2) is 11.5 Å². The van der Waals surface area contributed by atoms with Crippen molar-refractivity contribution >= 4 is 15.9 Å². The van der Waals surface area contributed by atoms with Gasteiger partial charge in [-0.1, -0.05) is 28.1 Å². The topological polar surface area (TPSA) is 30.5 Å². The van der Waals surface area contributed by atoms with Crippen LogP contribution in [0, 0.1) is 0 Å². The first-order valence-corrected chi connectivity index (χ1v) is 8.17. The van der Waals surface area contributed by atoms with Crippen LogP contribution in [0.2, 0.25) is 0 Å². The van der Waals surface area contributed by atoms with Crippen molar-refractivity contribution in [3.05, 3.63) is 58.1 Å². The van der Waals surface area contributed by atoms with Gasteiger partial charge in [0, 0.05) is 17.6 Å². The highest BCUT2D eigenvalue weighted by Crippen LogP contribution is 2.33. The SMILES string of the molecule is FC(F)(F)c1cccc(COc2ccc(Br)cc2OC2CNC2)c1. The molecule has 0 unspecified atom stereocenters. The summed E-state index contributed by atoms with van der Waals surface area (Å²) in [6, 6.07) is 10.4. The normalized spacial score (nSPS) is 15.0. The smallest absolute Gasteiger partial charge is 0.416 e. The van der Waals surface area contributed by atoms with Crippen molar-refractivity contribution in [1.82, 2.24) is 5.32 Å². The van der Waals surface area contributed by atoms with Crippen molar-refractivity contribution in [1.29, 1.82) is 0 Å². The van der Waals surface area contributed by atoms with Crippen LogP contribution >= 0.6 is 15.9 Å². The molecule has 128 valence electrons. The fourth-order valence-corrected chi connectivity index (χ4v) is 2.56. The molecule has 3 nitrogen and oxygen atoms in total. The third-order valence-corrected chi connectivity index (χ3v) is 4.09. The summed E-state index contributed by atoms with van der Waals surface area (Å²) in [5.74, 6) is 1.07. The van der Waals surface area contributed by atoms with Gasteiger partial charge in [-0.3, -0.25) is 0 Å². The maximum atomic E-state index is 12.8. The molecule has 2 aromatic rings. The number of alkyl halides is 3. The van der Waals surface area contributed by atoms with Crippen molar-refractivity contribution in [2.24, 2.45) is 0 Å². The summed E-state index contributed by atoms with van der Waals surface area (Å²) in [5.41, 5.74) is -0.236. The molecule has 1 aliphatic rings.